The highest BCUT2D eigenvalue weighted by Gasteiger charge is 2.25. The summed E-state index contributed by atoms with van der Waals surface area (Å²) in [5, 5.41) is 4.25. The zero-order valence-electron chi connectivity index (χ0n) is 7.67. The molecule has 0 nitrogen and oxygen atoms in total. The summed E-state index contributed by atoms with van der Waals surface area (Å²) in [7, 11) is 0. The molecule has 0 saturated carbocycles. The second-order valence-electron chi connectivity index (χ2n) is 2.80. The van der Waals surface area contributed by atoms with E-state index in [-0.39, 0.29) is 21.2 Å². The first kappa shape index (κ1) is 12.2. The van der Waals surface area contributed by atoms with Gasteiger partial charge in [0.1, 0.15) is 0 Å². The second kappa shape index (κ2) is 5.87. The van der Waals surface area contributed by atoms with Gasteiger partial charge in [0.2, 0.25) is 0 Å². The van der Waals surface area contributed by atoms with Gasteiger partial charge in [-0.3, -0.25) is 0 Å². The van der Waals surface area contributed by atoms with Crippen molar-refractivity contribution >= 4 is 45.9 Å². The summed E-state index contributed by atoms with van der Waals surface area (Å²) in [6, 6.07) is 4.25. The number of thiophene rings is 2. The van der Waals surface area contributed by atoms with Gasteiger partial charge in [0, 0.05) is 11.1 Å². The van der Waals surface area contributed by atoms with E-state index in [4.69, 9.17) is 23.2 Å². The van der Waals surface area contributed by atoms with Crippen LogP contribution >= 0.6 is 45.9 Å². The van der Waals surface area contributed by atoms with Crippen LogP contribution in [-0.2, 0) is 11.8 Å². The molecule has 2 aromatic rings. The third-order valence-electron chi connectivity index (χ3n) is 1.85. The molecule has 0 aliphatic carbocycles. The molecule has 0 N–H and O–H groups in total. The van der Waals surface area contributed by atoms with Crippen LogP contribution in [0.2, 0.25) is 0 Å². The zero-order valence-corrected chi connectivity index (χ0v) is 13.0. The molecule has 2 heterocycles. The van der Waals surface area contributed by atoms with E-state index in [1.807, 2.05) is 22.7 Å². The first-order chi connectivity index (χ1) is 7.35. The van der Waals surface area contributed by atoms with Crippen LogP contribution in [-0.4, -0.2) is 0 Å². The minimum Gasteiger partial charge on any atom is -0.121 e. The Balaban J connectivity index is 2.21. The van der Waals surface area contributed by atoms with Gasteiger partial charge in [0.25, 0.3) is 5.77 Å². The lowest BCUT2D eigenvalue weighted by Gasteiger charge is -1.86. The molecule has 15 heavy (non-hydrogen) atoms. The van der Waals surface area contributed by atoms with Crippen LogP contribution in [0.4, 0.5) is 0 Å². The molecule has 0 aliphatic heterocycles. The molecule has 0 bridgehead atoms. The van der Waals surface area contributed by atoms with Gasteiger partial charge in [-0.25, -0.2) is 0 Å². The molecule has 0 spiro atoms. The molecule has 2 rings (SSSR count). The van der Waals surface area contributed by atoms with Crippen LogP contribution in [0.25, 0.3) is 0 Å². The Morgan fingerprint density at radius 3 is 1.80 bits per heavy atom. The quantitative estimate of drug-likeness (QED) is 0.548. The van der Waals surface area contributed by atoms with Gasteiger partial charge in [-0.15, -0.1) is 23.2 Å². The smallest absolute Gasteiger partial charge is 0.121 e. The average molecular weight is 390 g/mol. The summed E-state index contributed by atoms with van der Waals surface area (Å²) in [6.45, 7) is 0. The Morgan fingerprint density at radius 1 is 0.933 bits per heavy atom. The standard InChI is InChI=1S/C10H8Cl2IS2/c11-5-7-1-3-14-9(7)13-10-8(6-12)2-4-15-10/h1-4H,5-6H2/q+1. The molecule has 0 atom stereocenters. The Morgan fingerprint density at radius 2 is 1.40 bits per heavy atom. The fourth-order valence-corrected chi connectivity index (χ4v) is 8.39. The Labute approximate surface area is 117 Å². The summed E-state index contributed by atoms with van der Waals surface area (Å²) in [5.41, 5.74) is 2.59. The van der Waals surface area contributed by atoms with E-state index in [0.29, 0.717) is 11.8 Å². The highest BCUT2D eigenvalue weighted by Crippen LogP contribution is 2.11. The van der Waals surface area contributed by atoms with E-state index in [1.165, 1.54) is 16.9 Å². The molecule has 0 unspecified atom stereocenters. The maximum atomic E-state index is 5.89. The van der Waals surface area contributed by atoms with E-state index in [1.54, 1.807) is 0 Å². The van der Waals surface area contributed by atoms with Gasteiger partial charge < -0.3 is 0 Å². The third kappa shape index (κ3) is 2.88. The van der Waals surface area contributed by atoms with E-state index in [9.17, 15) is 0 Å². The topological polar surface area (TPSA) is 0 Å². The maximum absolute atomic E-state index is 5.89. The van der Waals surface area contributed by atoms with Crippen LogP contribution in [0.15, 0.2) is 22.9 Å². The minimum absolute atomic E-state index is 0.0841. The number of halogens is 3. The third-order valence-corrected chi connectivity index (χ3v) is 8.83. The van der Waals surface area contributed by atoms with Crippen molar-refractivity contribution in [2.75, 3.05) is 0 Å². The Kier molecular flexibility index (Phi) is 4.76. The lowest BCUT2D eigenvalue weighted by Crippen LogP contribution is -3.61. The summed E-state index contributed by atoms with van der Waals surface area (Å²) in [4.78, 5) is 0. The summed E-state index contributed by atoms with van der Waals surface area (Å²) >= 11 is 15.3. The van der Waals surface area contributed by atoms with Gasteiger partial charge in [0.05, 0.1) is 11.8 Å². The fraction of sp³-hybridized carbons (Fsp3) is 0.200. The van der Waals surface area contributed by atoms with Gasteiger partial charge in [-0.1, -0.05) is 22.7 Å². The molecule has 0 amide bonds. The molecule has 0 radical (unpaired) electrons. The highest BCUT2D eigenvalue weighted by atomic mass is 127. The molecule has 80 valence electrons. The normalized spacial score (nSPS) is 10.8. The zero-order chi connectivity index (χ0) is 10.7. The van der Waals surface area contributed by atoms with Crippen molar-refractivity contribution in [3.05, 3.63) is 39.8 Å². The van der Waals surface area contributed by atoms with E-state index in [0.717, 1.165) is 0 Å². The van der Waals surface area contributed by atoms with Crippen molar-refractivity contribution in [2.24, 2.45) is 0 Å². The number of hydrogen-bond donors (Lipinski definition) is 0. The first-order valence-electron chi connectivity index (χ1n) is 4.24. The van der Waals surface area contributed by atoms with Crippen LogP contribution in [0.1, 0.15) is 11.1 Å². The molecule has 2 aromatic heterocycles. The minimum atomic E-state index is -0.0841. The van der Waals surface area contributed by atoms with Gasteiger partial charge in [0.15, 0.2) is 0 Å². The lowest BCUT2D eigenvalue weighted by atomic mass is 10.4. The predicted octanol–water partition coefficient (Wildman–Crippen LogP) is 1.42. The van der Waals surface area contributed by atoms with E-state index < -0.39 is 0 Å². The monoisotopic (exact) mass is 389 g/mol. The van der Waals surface area contributed by atoms with Gasteiger partial charge in [-0.2, -0.15) is 0 Å². The van der Waals surface area contributed by atoms with Crippen molar-refractivity contribution in [3.8, 4) is 0 Å². The van der Waals surface area contributed by atoms with Crippen LogP contribution in [0.3, 0.4) is 0 Å². The van der Waals surface area contributed by atoms with Crippen molar-refractivity contribution in [2.45, 2.75) is 11.8 Å². The summed E-state index contributed by atoms with van der Waals surface area (Å²) < 4.78 is 2.94. The van der Waals surface area contributed by atoms with Crippen LogP contribution in [0, 0.1) is 5.77 Å². The number of alkyl halides is 2. The van der Waals surface area contributed by atoms with Crippen molar-refractivity contribution in [3.63, 3.8) is 0 Å². The second-order valence-corrected chi connectivity index (χ2v) is 9.33. The molecule has 0 saturated heterocycles. The first-order valence-corrected chi connectivity index (χ1v) is 9.23. The molecular weight excluding hydrogens is 382 g/mol. The lowest BCUT2D eigenvalue weighted by molar-refractivity contribution is -0.586. The largest absolute Gasteiger partial charge is 0.382 e. The Bertz CT molecular complexity index is 396. The van der Waals surface area contributed by atoms with Crippen LogP contribution in [0.5, 0.6) is 0 Å². The fourth-order valence-electron chi connectivity index (χ4n) is 1.07. The van der Waals surface area contributed by atoms with Crippen LogP contribution < -0.4 is 21.2 Å². The predicted molar refractivity (Wildman–Crippen MR) is 65.1 cm³/mol. The van der Waals surface area contributed by atoms with E-state index >= 15 is 0 Å². The summed E-state index contributed by atoms with van der Waals surface area (Å²) in [5.74, 6) is 1.25. The van der Waals surface area contributed by atoms with Crippen molar-refractivity contribution in [1.29, 1.82) is 0 Å². The summed E-state index contributed by atoms with van der Waals surface area (Å²) in [6.07, 6.45) is 0. The van der Waals surface area contributed by atoms with Crippen molar-refractivity contribution < 1.29 is 21.2 Å². The molecule has 0 aromatic carbocycles. The average Bonchev–Trinajstić information content (AvgIpc) is 2.87. The van der Waals surface area contributed by atoms with E-state index in [2.05, 4.69) is 22.9 Å². The molecule has 5 heteroatoms. The van der Waals surface area contributed by atoms with Crippen molar-refractivity contribution in [1.82, 2.24) is 0 Å². The number of rotatable bonds is 4. The Hall–Kier alpha value is 0.710. The molecular formula is C10H8Cl2IS2+. The maximum Gasteiger partial charge on any atom is 0.382 e. The molecule has 0 aliphatic rings. The number of hydrogen-bond acceptors (Lipinski definition) is 2. The SMILES string of the molecule is ClCc1ccsc1[I+]c1sccc1CCl. The highest BCUT2D eigenvalue weighted by molar-refractivity contribution is 7.08. The van der Waals surface area contributed by atoms with Gasteiger partial charge >= 0.3 is 21.2 Å². The molecule has 0 fully saturated rings. The van der Waals surface area contributed by atoms with Gasteiger partial charge in [-0.05, 0) is 22.9 Å².